The number of likely N-dealkylation sites (N-methyl/N-ethyl adjacent to an activating group) is 1. The van der Waals surface area contributed by atoms with Gasteiger partial charge in [-0.25, -0.2) is 9.67 Å². The lowest BCUT2D eigenvalue weighted by molar-refractivity contribution is -0.123. The fraction of sp³-hybridized carbons (Fsp3) is 0.424. The zero-order chi connectivity index (χ0) is 29.7. The third-order valence-corrected chi connectivity index (χ3v) is 9.44. The number of piperazine rings is 1. The lowest BCUT2D eigenvalue weighted by Crippen LogP contribution is -2.58. The minimum Gasteiger partial charge on any atom is -0.357 e. The Morgan fingerprint density at radius 3 is 2.72 bits per heavy atom. The van der Waals surface area contributed by atoms with E-state index in [9.17, 15) is 9.59 Å². The van der Waals surface area contributed by atoms with Gasteiger partial charge in [-0.3, -0.25) is 14.2 Å². The summed E-state index contributed by atoms with van der Waals surface area (Å²) in [6, 6.07) is 16.0. The van der Waals surface area contributed by atoms with Crippen LogP contribution in [-0.4, -0.2) is 74.6 Å². The van der Waals surface area contributed by atoms with Crippen molar-refractivity contribution < 1.29 is 4.79 Å². The highest BCUT2D eigenvalue weighted by Crippen LogP contribution is 2.57. The van der Waals surface area contributed by atoms with E-state index in [1.54, 1.807) is 17.1 Å². The van der Waals surface area contributed by atoms with Crippen LogP contribution >= 0.6 is 0 Å². The predicted octanol–water partition coefficient (Wildman–Crippen LogP) is 3.29. The molecule has 2 aliphatic heterocycles. The number of amides is 1. The fourth-order valence-electron chi connectivity index (χ4n) is 7.06. The number of carbonyl (C=O) groups excluding carboxylic acids is 1. The smallest absolute Gasteiger partial charge is 0.254 e. The van der Waals surface area contributed by atoms with Gasteiger partial charge in [-0.2, -0.15) is 0 Å². The molecule has 0 radical (unpaired) electrons. The number of rotatable bonds is 3. The van der Waals surface area contributed by atoms with E-state index in [0.717, 1.165) is 72.5 Å². The first kappa shape index (κ1) is 27.5. The van der Waals surface area contributed by atoms with E-state index in [1.807, 2.05) is 42.8 Å². The first-order valence-electron chi connectivity index (χ1n) is 15.3. The Balaban J connectivity index is 1.30. The molecule has 1 N–H and O–H groups in total. The highest BCUT2D eigenvalue weighted by Gasteiger charge is 2.57. The maximum Gasteiger partial charge on any atom is 0.254 e. The van der Waals surface area contributed by atoms with Crippen LogP contribution in [0.15, 0.2) is 65.8 Å². The van der Waals surface area contributed by atoms with E-state index < -0.39 is 5.54 Å². The number of nitrogens with one attached hydrogen (secondary N) is 1. The van der Waals surface area contributed by atoms with Crippen molar-refractivity contribution in [1.29, 1.82) is 0 Å². The monoisotopic (exact) mass is 578 g/mol. The first-order chi connectivity index (χ1) is 20.8. The van der Waals surface area contributed by atoms with Gasteiger partial charge in [-0.05, 0) is 75.9 Å². The van der Waals surface area contributed by atoms with Gasteiger partial charge in [0.25, 0.3) is 5.56 Å². The number of aromatic nitrogens is 5. The van der Waals surface area contributed by atoms with Crippen molar-refractivity contribution in [2.45, 2.75) is 51.1 Å². The second-order valence-electron chi connectivity index (χ2n) is 12.4. The zero-order valence-corrected chi connectivity index (χ0v) is 25.0. The van der Waals surface area contributed by atoms with Crippen LogP contribution in [0, 0.1) is 19.8 Å². The van der Waals surface area contributed by atoms with Crippen LogP contribution in [0.1, 0.15) is 42.5 Å². The Bertz CT molecular complexity index is 1740. The number of benzene rings is 2. The normalized spacial score (nSPS) is 24.2. The van der Waals surface area contributed by atoms with Crippen molar-refractivity contribution >= 4 is 11.6 Å². The van der Waals surface area contributed by atoms with Crippen LogP contribution < -0.4 is 15.8 Å². The molecular formula is C33H38N8O2. The number of fused-ring (bicyclic) bond motifs is 6. The summed E-state index contributed by atoms with van der Waals surface area (Å²) in [5.74, 6) is 0.407. The molecule has 2 aromatic carbocycles. The topological polar surface area (TPSA) is 101 Å². The minimum absolute atomic E-state index is 0.0706. The van der Waals surface area contributed by atoms with Gasteiger partial charge in [0.05, 0.1) is 35.1 Å². The molecule has 43 heavy (non-hydrogen) atoms. The second-order valence-corrected chi connectivity index (χ2v) is 12.4. The summed E-state index contributed by atoms with van der Waals surface area (Å²) in [5.41, 5.74) is 5.79. The van der Waals surface area contributed by atoms with Crippen molar-refractivity contribution in [3.8, 4) is 16.9 Å². The molecule has 7 rings (SSSR count). The molecule has 3 atom stereocenters. The molecule has 4 heterocycles. The van der Waals surface area contributed by atoms with E-state index in [2.05, 4.69) is 56.7 Å². The van der Waals surface area contributed by atoms with E-state index in [0.29, 0.717) is 24.7 Å². The molecule has 10 heteroatoms. The van der Waals surface area contributed by atoms with Gasteiger partial charge < -0.3 is 15.1 Å². The van der Waals surface area contributed by atoms with Crippen molar-refractivity contribution in [2.24, 2.45) is 5.92 Å². The molecule has 10 nitrogen and oxygen atoms in total. The highest BCUT2D eigenvalue weighted by atomic mass is 16.2. The second kappa shape index (κ2) is 10.8. The number of nitrogens with zero attached hydrogens (tertiary/aromatic N) is 7. The first-order valence-corrected chi connectivity index (χ1v) is 15.3. The van der Waals surface area contributed by atoms with Crippen molar-refractivity contribution in [3.63, 3.8) is 0 Å². The SMILES string of the molecule is Cc1ccc(-n2cc(C)nn2)c(-c2cc(=O)n(C34C[C@H]3CCCCNC(=O)[C@H]3CN(C)CCN3c3cccc4c3)cn2)c1. The summed E-state index contributed by atoms with van der Waals surface area (Å²) in [5, 5.41) is 11.6. The van der Waals surface area contributed by atoms with E-state index in [4.69, 9.17) is 4.98 Å². The average Bonchev–Trinajstić information content (AvgIpc) is 3.57. The number of carbonyl (C=O) groups is 1. The van der Waals surface area contributed by atoms with E-state index >= 15 is 0 Å². The minimum atomic E-state index is -0.454. The molecule has 3 aliphatic rings. The zero-order valence-electron chi connectivity index (χ0n) is 25.0. The van der Waals surface area contributed by atoms with Crippen LogP contribution in [-0.2, 0) is 10.3 Å². The average molecular weight is 579 g/mol. The van der Waals surface area contributed by atoms with Gasteiger partial charge in [-0.15, -0.1) is 5.10 Å². The summed E-state index contributed by atoms with van der Waals surface area (Å²) in [4.78, 5) is 36.6. The van der Waals surface area contributed by atoms with E-state index in [-0.39, 0.29) is 17.5 Å². The third-order valence-electron chi connectivity index (χ3n) is 9.44. The van der Waals surface area contributed by atoms with Crippen LogP contribution in [0.5, 0.6) is 0 Å². The highest BCUT2D eigenvalue weighted by molar-refractivity contribution is 5.86. The molecule has 2 fully saturated rings. The number of aryl methyl sites for hydroxylation is 2. The van der Waals surface area contributed by atoms with Gasteiger partial charge in [0.2, 0.25) is 5.91 Å². The van der Waals surface area contributed by atoms with Crippen LogP contribution in [0.2, 0.25) is 0 Å². The van der Waals surface area contributed by atoms with Crippen molar-refractivity contribution in [1.82, 2.24) is 34.8 Å². The molecular weight excluding hydrogens is 540 g/mol. The maximum atomic E-state index is 14.0. The van der Waals surface area contributed by atoms with E-state index in [1.165, 1.54) is 0 Å². The lowest BCUT2D eigenvalue weighted by atomic mass is 9.97. The van der Waals surface area contributed by atoms with Crippen molar-refractivity contribution in [2.75, 3.05) is 38.1 Å². The lowest BCUT2D eigenvalue weighted by Gasteiger charge is -2.40. The fourth-order valence-corrected chi connectivity index (χ4v) is 7.06. The predicted molar refractivity (Wildman–Crippen MR) is 165 cm³/mol. The summed E-state index contributed by atoms with van der Waals surface area (Å²) in [6.07, 6.45) is 7.40. The third kappa shape index (κ3) is 4.93. The standard InChI is InChI=1S/C33H38N8O2/c1-22-10-11-29(41-19-23(2)36-37-41)27(15-22)28-17-31(42)40(21-35-28)33-18-25(33)7-4-5-12-34-32(43)30-20-38(3)13-14-39(30)26-9-6-8-24(33)16-26/h6,8-11,15-17,19,21,25,30H,4-5,7,12-14,18,20H2,1-3H3,(H,34,43)/t25-,30-,33?/m1/s1. The van der Waals surface area contributed by atoms with Gasteiger partial charge >= 0.3 is 0 Å². The maximum absolute atomic E-state index is 14.0. The molecule has 1 aliphatic carbocycles. The number of hydrogen-bond donors (Lipinski definition) is 1. The van der Waals surface area contributed by atoms with Crippen LogP contribution in [0.25, 0.3) is 16.9 Å². The molecule has 2 bridgehead atoms. The van der Waals surface area contributed by atoms with Gasteiger partial charge in [0.15, 0.2) is 0 Å². The summed E-state index contributed by atoms with van der Waals surface area (Å²) < 4.78 is 3.60. The Labute approximate surface area is 251 Å². The van der Waals surface area contributed by atoms with Gasteiger partial charge in [-0.1, -0.05) is 35.4 Å². The van der Waals surface area contributed by atoms with Gasteiger partial charge in [0, 0.05) is 43.5 Å². The Hall–Kier alpha value is -4.31. The molecule has 1 unspecified atom stereocenters. The molecule has 1 saturated carbocycles. The number of anilines is 1. The Morgan fingerprint density at radius 2 is 1.91 bits per heavy atom. The summed E-state index contributed by atoms with van der Waals surface area (Å²) in [6.45, 7) is 6.95. The molecule has 4 aromatic rings. The Kier molecular flexibility index (Phi) is 6.88. The molecule has 1 amide bonds. The number of hydrogen-bond acceptors (Lipinski definition) is 7. The molecule has 0 spiro atoms. The van der Waals surface area contributed by atoms with Crippen LogP contribution in [0.3, 0.4) is 0 Å². The molecule has 1 saturated heterocycles. The summed E-state index contributed by atoms with van der Waals surface area (Å²) in [7, 11) is 2.07. The summed E-state index contributed by atoms with van der Waals surface area (Å²) >= 11 is 0. The largest absolute Gasteiger partial charge is 0.357 e. The Morgan fingerprint density at radius 1 is 1.02 bits per heavy atom. The molecule has 222 valence electrons. The quantitative estimate of drug-likeness (QED) is 0.398. The van der Waals surface area contributed by atoms with Crippen LogP contribution in [0.4, 0.5) is 5.69 Å². The molecule has 2 aromatic heterocycles. The van der Waals surface area contributed by atoms with Crippen molar-refractivity contribution in [3.05, 3.63) is 88.2 Å². The van der Waals surface area contributed by atoms with Gasteiger partial charge in [0.1, 0.15) is 6.04 Å².